The van der Waals surface area contributed by atoms with Crippen molar-refractivity contribution in [2.45, 2.75) is 6.54 Å². The van der Waals surface area contributed by atoms with Crippen LogP contribution in [0.1, 0.15) is 5.56 Å². The van der Waals surface area contributed by atoms with Crippen LogP contribution in [0.15, 0.2) is 42.5 Å². The highest BCUT2D eigenvalue weighted by Gasteiger charge is 2.05. The fraction of sp³-hybridized carbons (Fsp3) is 0.0714. The Hall–Kier alpha value is -1.65. The smallest absolute Gasteiger partial charge is 0.184 e. The number of benzene rings is 2. The molecule has 0 saturated heterocycles. The van der Waals surface area contributed by atoms with Gasteiger partial charge in [-0.05, 0) is 29.8 Å². The van der Waals surface area contributed by atoms with Crippen molar-refractivity contribution in [2.24, 2.45) is 0 Å². The molecule has 0 spiro atoms. The van der Waals surface area contributed by atoms with Gasteiger partial charge in [-0.15, -0.1) is 0 Å². The van der Waals surface area contributed by atoms with Crippen molar-refractivity contribution in [3.63, 3.8) is 0 Å². The fourth-order valence-electron chi connectivity index (χ4n) is 1.79. The van der Waals surface area contributed by atoms with E-state index in [0.29, 0.717) is 6.54 Å². The molecule has 1 heterocycles. The van der Waals surface area contributed by atoms with Gasteiger partial charge in [0.2, 0.25) is 0 Å². The van der Waals surface area contributed by atoms with Crippen LogP contribution in [0.4, 0.5) is 9.52 Å². The lowest BCUT2D eigenvalue weighted by atomic mass is 10.2. The molecule has 19 heavy (non-hydrogen) atoms. The second-order valence-electron chi connectivity index (χ2n) is 4.08. The quantitative estimate of drug-likeness (QED) is 0.757. The third-order valence-corrected chi connectivity index (χ3v) is 4.08. The van der Waals surface area contributed by atoms with Crippen molar-refractivity contribution in [2.75, 3.05) is 5.32 Å². The second kappa shape index (κ2) is 5.15. The Balaban J connectivity index is 1.80. The molecule has 3 aromatic rings. The van der Waals surface area contributed by atoms with Crippen molar-refractivity contribution >= 4 is 38.3 Å². The average molecular weight is 293 g/mol. The van der Waals surface area contributed by atoms with E-state index >= 15 is 0 Å². The number of anilines is 1. The van der Waals surface area contributed by atoms with Gasteiger partial charge in [0, 0.05) is 11.6 Å². The minimum absolute atomic E-state index is 0.242. The van der Waals surface area contributed by atoms with E-state index in [1.807, 2.05) is 24.3 Å². The first kappa shape index (κ1) is 12.4. The first-order valence-electron chi connectivity index (χ1n) is 5.76. The molecule has 1 aromatic heterocycles. The zero-order chi connectivity index (χ0) is 13.2. The van der Waals surface area contributed by atoms with Gasteiger partial charge in [0.05, 0.1) is 10.2 Å². The van der Waals surface area contributed by atoms with Crippen molar-refractivity contribution in [3.05, 3.63) is 58.9 Å². The molecule has 3 rings (SSSR count). The summed E-state index contributed by atoms with van der Waals surface area (Å²) in [4.78, 5) is 4.40. The Bertz CT molecular complexity index is 726. The lowest BCUT2D eigenvalue weighted by Gasteiger charge is -2.04. The van der Waals surface area contributed by atoms with Crippen LogP contribution < -0.4 is 5.32 Å². The molecule has 1 N–H and O–H groups in total. The summed E-state index contributed by atoms with van der Waals surface area (Å²) < 4.78 is 13.9. The minimum Gasteiger partial charge on any atom is -0.357 e. The van der Waals surface area contributed by atoms with Crippen LogP contribution in [0.5, 0.6) is 0 Å². The predicted molar refractivity (Wildman–Crippen MR) is 78.4 cm³/mol. The molecule has 0 bridgehead atoms. The maximum absolute atomic E-state index is 13.1. The van der Waals surface area contributed by atoms with Gasteiger partial charge >= 0.3 is 0 Å². The number of aromatic nitrogens is 1. The lowest BCUT2D eigenvalue weighted by Crippen LogP contribution is -1.99. The molecule has 2 aromatic carbocycles. The van der Waals surface area contributed by atoms with E-state index in [9.17, 15) is 4.39 Å². The molecule has 0 aliphatic carbocycles. The van der Waals surface area contributed by atoms with Crippen LogP contribution in [0.2, 0.25) is 5.02 Å². The molecule has 0 amide bonds. The molecule has 2 nitrogen and oxygen atoms in total. The van der Waals surface area contributed by atoms with Crippen molar-refractivity contribution < 1.29 is 4.39 Å². The highest BCUT2D eigenvalue weighted by Crippen LogP contribution is 2.27. The molecular formula is C14H10ClFN2S. The van der Waals surface area contributed by atoms with Gasteiger partial charge in [0.25, 0.3) is 0 Å². The van der Waals surface area contributed by atoms with Gasteiger partial charge in [-0.3, -0.25) is 0 Å². The minimum atomic E-state index is -0.242. The summed E-state index contributed by atoms with van der Waals surface area (Å²) in [6.07, 6.45) is 0. The number of nitrogens with zero attached hydrogens (tertiary/aromatic N) is 1. The Morgan fingerprint density at radius 1 is 1.21 bits per heavy atom. The number of nitrogens with one attached hydrogen (secondary N) is 1. The zero-order valence-corrected chi connectivity index (χ0v) is 11.4. The molecule has 0 atom stereocenters. The molecule has 5 heteroatoms. The van der Waals surface area contributed by atoms with E-state index in [0.717, 1.165) is 25.9 Å². The standard InChI is InChI=1S/C14H10ClFN2S/c15-11-4-2-1-3-9(11)8-17-14-18-12-6-5-10(16)7-13(12)19-14/h1-7H,8H2,(H,17,18). The van der Waals surface area contributed by atoms with Gasteiger partial charge in [0.1, 0.15) is 5.82 Å². The molecule has 0 saturated carbocycles. The Labute approximate surface area is 118 Å². The van der Waals surface area contributed by atoms with Gasteiger partial charge in [-0.25, -0.2) is 9.37 Å². The Morgan fingerprint density at radius 2 is 2.05 bits per heavy atom. The third kappa shape index (κ3) is 2.69. The second-order valence-corrected chi connectivity index (χ2v) is 5.51. The number of thiazole rings is 1. The summed E-state index contributed by atoms with van der Waals surface area (Å²) in [5, 5.41) is 4.70. The largest absolute Gasteiger partial charge is 0.357 e. The van der Waals surface area contributed by atoms with Crippen LogP contribution in [0.3, 0.4) is 0 Å². The predicted octanol–water partition coefficient (Wildman–Crippen LogP) is 4.70. The number of halogens is 2. The topological polar surface area (TPSA) is 24.9 Å². The molecular weight excluding hydrogens is 283 g/mol. The highest BCUT2D eigenvalue weighted by molar-refractivity contribution is 7.22. The van der Waals surface area contributed by atoms with Gasteiger partial charge in [-0.1, -0.05) is 41.1 Å². The van der Waals surface area contributed by atoms with Gasteiger partial charge in [0.15, 0.2) is 5.13 Å². The summed E-state index contributed by atoms with van der Waals surface area (Å²) in [5.41, 5.74) is 1.81. The third-order valence-electron chi connectivity index (χ3n) is 2.74. The maximum Gasteiger partial charge on any atom is 0.184 e. The van der Waals surface area contributed by atoms with E-state index < -0.39 is 0 Å². The van der Waals surface area contributed by atoms with Crippen molar-refractivity contribution in [3.8, 4) is 0 Å². The molecule has 0 fully saturated rings. The van der Waals surface area contributed by atoms with Crippen LogP contribution in [-0.4, -0.2) is 4.98 Å². The van der Waals surface area contributed by atoms with Crippen molar-refractivity contribution in [1.82, 2.24) is 4.98 Å². The van der Waals surface area contributed by atoms with E-state index in [4.69, 9.17) is 11.6 Å². The first-order valence-corrected chi connectivity index (χ1v) is 6.95. The van der Waals surface area contributed by atoms with E-state index in [-0.39, 0.29) is 5.82 Å². The normalized spacial score (nSPS) is 10.8. The Morgan fingerprint density at radius 3 is 2.89 bits per heavy atom. The van der Waals surface area contributed by atoms with Crippen molar-refractivity contribution in [1.29, 1.82) is 0 Å². The molecule has 0 radical (unpaired) electrons. The SMILES string of the molecule is Fc1ccc2nc(NCc3ccccc3Cl)sc2c1. The summed E-state index contributed by atoms with van der Waals surface area (Å²) in [6, 6.07) is 12.2. The zero-order valence-electron chi connectivity index (χ0n) is 9.86. The van der Waals surface area contributed by atoms with Crippen LogP contribution in [0.25, 0.3) is 10.2 Å². The molecule has 0 unspecified atom stereocenters. The van der Waals surface area contributed by atoms with E-state index in [1.165, 1.54) is 23.5 Å². The number of rotatable bonds is 3. The number of hydrogen-bond donors (Lipinski definition) is 1. The van der Waals surface area contributed by atoms with Gasteiger partial charge in [-0.2, -0.15) is 0 Å². The van der Waals surface area contributed by atoms with Crippen LogP contribution in [0, 0.1) is 5.82 Å². The summed E-state index contributed by atoms with van der Waals surface area (Å²) >= 11 is 7.51. The molecule has 96 valence electrons. The maximum atomic E-state index is 13.1. The van der Waals surface area contributed by atoms with E-state index in [2.05, 4.69) is 10.3 Å². The summed E-state index contributed by atoms with van der Waals surface area (Å²) in [5.74, 6) is -0.242. The lowest BCUT2D eigenvalue weighted by molar-refractivity contribution is 0.630. The van der Waals surface area contributed by atoms with Crippen LogP contribution in [-0.2, 0) is 6.54 Å². The average Bonchev–Trinajstić information content (AvgIpc) is 2.79. The highest BCUT2D eigenvalue weighted by atomic mass is 35.5. The first-order chi connectivity index (χ1) is 9.22. The molecule has 0 aliphatic rings. The van der Waals surface area contributed by atoms with E-state index in [1.54, 1.807) is 6.07 Å². The fourth-order valence-corrected chi connectivity index (χ4v) is 2.88. The van der Waals surface area contributed by atoms with Gasteiger partial charge < -0.3 is 5.32 Å². The summed E-state index contributed by atoms with van der Waals surface area (Å²) in [6.45, 7) is 0.599. The number of fused-ring (bicyclic) bond motifs is 1. The monoisotopic (exact) mass is 292 g/mol. The molecule has 0 aliphatic heterocycles. The Kier molecular flexibility index (Phi) is 3.36. The van der Waals surface area contributed by atoms with Crippen LogP contribution >= 0.6 is 22.9 Å². The number of hydrogen-bond acceptors (Lipinski definition) is 3. The summed E-state index contributed by atoms with van der Waals surface area (Å²) in [7, 11) is 0.